The Morgan fingerprint density at radius 2 is 1.95 bits per heavy atom. The highest BCUT2D eigenvalue weighted by atomic mass is 32.2. The van der Waals surface area contributed by atoms with Gasteiger partial charge in [0.15, 0.2) is 21.3 Å². The largest absolute Gasteiger partial charge is 0.493 e. The molecule has 1 heterocycles. The van der Waals surface area contributed by atoms with Crippen LogP contribution >= 0.6 is 0 Å². The highest BCUT2D eigenvalue weighted by Crippen LogP contribution is 2.27. The van der Waals surface area contributed by atoms with E-state index in [0.717, 1.165) is 5.56 Å². The van der Waals surface area contributed by atoms with Crippen LogP contribution in [0.5, 0.6) is 11.5 Å². The molecule has 1 fully saturated rings. The molecule has 0 radical (unpaired) electrons. The fraction of sp³-hybridized carbons (Fsp3) is 0.571. The van der Waals surface area contributed by atoms with Crippen molar-refractivity contribution in [3.8, 4) is 11.5 Å². The van der Waals surface area contributed by atoms with Crippen molar-refractivity contribution in [3.63, 3.8) is 0 Å². The Labute approximate surface area is 125 Å². The molecule has 0 amide bonds. The van der Waals surface area contributed by atoms with Gasteiger partial charge in [0.25, 0.3) is 0 Å². The van der Waals surface area contributed by atoms with E-state index in [0.29, 0.717) is 24.5 Å². The molecule has 1 aliphatic heterocycles. The summed E-state index contributed by atoms with van der Waals surface area (Å²) in [6, 6.07) is 5.28. The van der Waals surface area contributed by atoms with Crippen molar-refractivity contribution in [1.82, 2.24) is 5.32 Å². The minimum atomic E-state index is -3.11. The molecule has 0 saturated carbocycles. The second kappa shape index (κ2) is 6.64. The quantitative estimate of drug-likeness (QED) is 0.768. The monoisotopic (exact) mass is 315 g/mol. The summed E-state index contributed by atoms with van der Waals surface area (Å²) >= 11 is 0. The highest BCUT2D eigenvalue weighted by molar-refractivity contribution is 7.91. The molecule has 7 heteroatoms. The van der Waals surface area contributed by atoms with Crippen molar-refractivity contribution < 1.29 is 23.0 Å². The first-order chi connectivity index (χ1) is 9.95. The maximum atomic E-state index is 11.4. The SMILES string of the molecule is COc1ccc(CCN[C@H]2CS(=O)(=O)C[C@@H]2O)cc1OC. The summed E-state index contributed by atoms with van der Waals surface area (Å²) in [6.07, 6.45) is -0.107. The lowest BCUT2D eigenvalue weighted by molar-refractivity contribution is 0.166. The van der Waals surface area contributed by atoms with Crippen molar-refractivity contribution in [2.75, 3.05) is 32.3 Å². The van der Waals surface area contributed by atoms with E-state index in [9.17, 15) is 13.5 Å². The van der Waals surface area contributed by atoms with Crippen LogP contribution in [0.4, 0.5) is 0 Å². The van der Waals surface area contributed by atoms with Gasteiger partial charge in [-0.05, 0) is 30.7 Å². The summed E-state index contributed by atoms with van der Waals surface area (Å²) in [5.41, 5.74) is 1.05. The van der Waals surface area contributed by atoms with Gasteiger partial charge in [-0.15, -0.1) is 0 Å². The Balaban J connectivity index is 1.89. The Kier molecular flexibility index (Phi) is 5.08. The van der Waals surface area contributed by atoms with Crippen LogP contribution in [-0.2, 0) is 16.3 Å². The summed E-state index contributed by atoms with van der Waals surface area (Å²) in [5, 5.41) is 12.8. The van der Waals surface area contributed by atoms with E-state index in [1.54, 1.807) is 14.2 Å². The Bertz CT molecular complexity index is 587. The van der Waals surface area contributed by atoms with E-state index in [1.807, 2.05) is 18.2 Å². The topological polar surface area (TPSA) is 84.9 Å². The molecule has 118 valence electrons. The van der Waals surface area contributed by atoms with E-state index in [2.05, 4.69) is 5.32 Å². The molecular formula is C14H21NO5S. The smallest absolute Gasteiger partial charge is 0.160 e. The van der Waals surface area contributed by atoms with Gasteiger partial charge < -0.3 is 19.9 Å². The lowest BCUT2D eigenvalue weighted by Gasteiger charge is -2.15. The van der Waals surface area contributed by atoms with E-state index >= 15 is 0 Å². The molecular weight excluding hydrogens is 294 g/mol. The molecule has 1 saturated heterocycles. The molecule has 1 aromatic rings. The van der Waals surface area contributed by atoms with E-state index in [1.165, 1.54) is 0 Å². The van der Waals surface area contributed by atoms with Crippen LogP contribution in [0, 0.1) is 0 Å². The van der Waals surface area contributed by atoms with Crippen LogP contribution in [0.3, 0.4) is 0 Å². The van der Waals surface area contributed by atoms with Crippen molar-refractivity contribution in [2.24, 2.45) is 0 Å². The van der Waals surface area contributed by atoms with Gasteiger partial charge >= 0.3 is 0 Å². The zero-order chi connectivity index (χ0) is 15.5. The predicted molar refractivity (Wildman–Crippen MR) is 79.7 cm³/mol. The standard InChI is InChI=1S/C14H21NO5S/c1-19-13-4-3-10(7-14(13)20-2)5-6-15-11-8-21(17,18)9-12(11)16/h3-4,7,11-12,15-16H,5-6,8-9H2,1-2H3/t11-,12-/m0/s1. The van der Waals surface area contributed by atoms with Gasteiger partial charge in [-0.2, -0.15) is 0 Å². The zero-order valence-electron chi connectivity index (χ0n) is 12.2. The fourth-order valence-corrected chi connectivity index (χ4v) is 4.24. The zero-order valence-corrected chi connectivity index (χ0v) is 13.0. The number of rotatable bonds is 6. The summed E-state index contributed by atoms with van der Waals surface area (Å²) in [4.78, 5) is 0. The van der Waals surface area contributed by atoms with Gasteiger partial charge in [0.05, 0.1) is 31.8 Å². The molecule has 0 aliphatic carbocycles. The second-order valence-corrected chi connectivity index (χ2v) is 7.30. The molecule has 1 aliphatic rings. The predicted octanol–water partition coefficient (Wildman–Crippen LogP) is -0.00620. The number of hydrogen-bond donors (Lipinski definition) is 2. The Morgan fingerprint density at radius 1 is 1.24 bits per heavy atom. The number of ether oxygens (including phenoxy) is 2. The molecule has 0 unspecified atom stereocenters. The summed E-state index contributed by atoms with van der Waals surface area (Å²) in [7, 11) is 0.0589. The van der Waals surface area contributed by atoms with Crippen molar-refractivity contribution in [1.29, 1.82) is 0 Å². The summed E-state index contributed by atoms with van der Waals surface area (Å²) < 4.78 is 33.2. The van der Waals surface area contributed by atoms with E-state index in [-0.39, 0.29) is 17.5 Å². The number of hydrogen-bond acceptors (Lipinski definition) is 6. The number of aliphatic hydroxyl groups excluding tert-OH is 1. The van der Waals surface area contributed by atoms with Crippen LogP contribution in [0.1, 0.15) is 5.56 Å². The van der Waals surface area contributed by atoms with Gasteiger partial charge in [-0.1, -0.05) is 6.07 Å². The van der Waals surface area contributed by atoms with Crippen LogP contribution in [-0.4, -0.2) is 57.9 Å². The Morgan fingerprint density at radius 3 is 2.52 bits per heavy atom. The molecule has 1 aromatic carbocycles. The van der Waals surface area contributed by atoms with E-state index < -0.39 is 15.9 Å². The number of benzene rings is 1. The first-order valence-electron chi connectivity index (χ1n) is 6.78. The third-order valence-electron chi connectivity index (χ3n) is 3.59. The molecule has 0 aromatic heterocycles. The molecule has 2 rings (SSSR count). The average molecular weight is 315 g/mol. The third kappa shape index (κ3) is 4.09. The average Bonchev–Trinajstić information content (AvgIpc) is 2.71. The first-order valence-corrected chi connectivity index (χ1v) is 8.60. The lowest BCUT2D eigenvalue weighted by Crippen LogP contribution is -2.39. The maximum Gasteiger partial charge on any atom is 0.160 e. The molecule has 0 spiro atoms. The van der Waals surface area contributed by atoms with E-state index in [4.69, 9.17) is 9.47 Å². The van der Waals surface area contributed by atoms with Crippen LogP contribution in [0.15, 0.2) is 18.2 Å². The number of nitrogens with one attached hydrogen (secondary N) is 1. The van der Waals surface area contributed by atoms with Crippen molar-refractivity contribution in [3.05, 3.63) is 23.8 Å². The van der Waals surface area contributed by atoms with Crippen molar-refractivity contribution >= 4 is 9.84 Å². The fourth-order valence-electron chi connectivity index (χ4n) is 2.46. The lowest BCUT2D eigenvalue weighted by atomic mass is 10.1. The highest BCUT2D eigenvalue weighted by Gasteiger charge is 2.35. The molecule has 2 atom stereocenters. The number of methoxy groups -OCH3 is 2. The minimum absolute atomic E-state index is 0.0000995. The molecule has 0 bridgehead atoms. The summed E-state index contributed by atoms with van der Waals surface area (Å²) in [6.45, 7) is 0.590. The first kappa shape index (κ1) is 16.1. The third-order valence-corrected chi connectivity index (χ3v) is 5.31. The second-order valence-electron chi connectivity index (χ2n) is 5.14. The van der Waals surface area contributed by atoms with Gasteiger partial charge in [0.2, 0.25) is 0 Å². The van der Waals surface area contributed by atoms with Gasteiger partial charge in [0, 0.05) is 6.04 Å². The van der Waals surface area contributed by atoms with Gasteiger partial charge in [-0.25, -0.2) is 8.42 Å². The van der Waals surface area contributed by atoms with Gasteiger partial charge in [-0.3, -0.25) is 0 Å². The Hall–Kier alpha value is -1.31. The molecule has 21 heavy (non-hydrogen) atoms. The number of sulfone groups is 1. The van der Waals surface area contributed by atoms with Crippen LogP contribution < -0.4 is 14.8 Å². The normalized spacial score (nSPS) is 24.0. The van der Waals surface area contributed by atoms with Gasteiger partial charge in [0.1, 0.15) is 0 Å². The molecule has 6 nitrogen and oxygen atoms in total. The van der Waals surface area contributed by atoms with Crippen LogP contribution in [0.25, 0.3) is 0 Å². The van der Waals surface area contributed by atoms with Crippen molar-refractivity contribution in [2.45, 2.75) is 18.6 Å². The number of aliphatic hydroxyl groups is 1. The minimum Gasteiger partial charge on any atom is -0.493 e. The maximum absolute atomic E-state index is 11.4. The van der Waals surface area contributed by atoms with Crippen LogP contribution in [0.2, 0.25) is 0 Å². The molecule has 2 N–H and O–H groups in total. The summed E-state index contributed by atoms with van der Waals surface area (Å²) in [5.74, 6) is 1.19.